The van der Waals surface area contributed by atoms with Crippen molar-refractivity contribution in [3.05, 3.63) is 94.4 Å². The Balaban J connectivity index is 1.82. The Morgan fingerprint density at radius 2 is 1.56 bits per heavy atom. The largest absolute Gasteiger partial charge is 0.493 e. The van der Waals surface area contributed by atoms with Gasteiger partial charge in [-0.1, -0.05) is 75.4 Å². The fraction of sp³-hybridized carbons (Fsp3) is 0.241. The highest BCUT2D eigenvalue weighted by Gasteiger charge is 2.36. The van der Waals surface area contributed by atoms with Crippen molar-refractivity contribution in [1.82, 2.24) is 0 Å². The molecule has 0 radical (unpaired) electrons. The van der Waals surface area contributed by atoms with Crippen molar-refractivity contribution in [2.75, 3.05) is 11.5 Å². The Hall–Kier alpha value is -3.31. The minimum absolute atomic E-state index is 0.0658. The van der Waals surface area contributed by atoms with Gasteiger partial charge in [0.2, 0.25) is 0 Å². The van der Waals surface area contributed by atoms with Crippen LogP contribution in [0.15, 0.2) is 82.7 Å². The molecule has 0 aromatic heterocycles. The van der Waals surface area contributed by atoms with Gasteiger partial charge in [-0.3, -0.25) is 9.69 Å². The van der Waals surface area contributed by atoms with Gasteiger partial charge in [-0.2, -0.15) is 0 Å². The van der Waals surface area contributed by atoms with Crippen LogP contribution in [0.25, 0.3) is 6.08 Å². The van der Waals surface area contributed by atoms with E-state index in [-0.39, 0.29) is 5.91 Å². The van der Waals surface area contributed by atoms with Gasteiger partial charge in [-0.15, -0.1) is 0 Å². The Kier molecular flexibility index (Phi) is 7.86. The molecule has 0 saturated carbocycles. The normalized spacial score (nSPS) is 16.0. The first kappa shape index (κ1) is 23.8. The number of nitrogens with zero attached hydrogens (tertiary/aromatic N) is 2. The molecule has 1 aliphatic rings. The van der Waals surface area contributed by atoms with Gasteiger partial charge in [0, 0.05) is 5.56 Å². The summed E-state index contributed by atoms with van der Waals surface area (Å²) in [6, 6.07) is 24.0. The lowest BCUT2D eigenvalue weighted by molar-refractivity contribution is -0.113. The minimum atomic E-state index is -0.0658. The first-order valence-electron chi connectivity index (χ1n) is 11.9. The van der Waals surface area contributed by atoms with Crippen molar-refractivity contribution in [3.63, 3.8) is 0 Å². The van der Waals surface area contributed by atoms with E-state index >= 15 is 0 Å². The number of carbonyl (C=O) groups excluding carboxylic acids is 1. The van der Waals surface area contributed by atoms with Gasteiger partial charge in [0.05, 0.1) is 22.9 Å². The van der Waals surface area contributed by atoms with Gasteiger partial charge >= 0.3 is 0 Å². The molecule has 174 valence electrons. The minimum Gasteiger partial charge on any atom is -0.493 e. The third-order valence-corrected chi connectivity index (χ3v) is 6.64. The van der Waals surface area contributed by atoms with E-state index in [4.69, 9.17) is 9.73 Å². The van der Waals surface area contributed by atoms with Crippen molar-refractivity contribution < 1.29 is 9.53 Å². The molecule has 4 rings (SSSR count). The maximum Gasteiger partial charge on any atom is 0.271 e. The molecule has 34 heavy (non-hydrogen) atoms. The summed E-state index contributed by atoms with van der Waals surface area (Å²) in [5, 5.41) is 0.671. The molecule has 1 saturated heterocycles. The lowest BCUT2D eigenvalue weighted by atomic mass is 10.1. The first-order valence-corrected chi connectivity index (χ1v) is 12.7. The second-order valence-corrected chi connectivity index (χ2v) is 9.01. The highest BCUT2D eigenvalue weighted by molar-refractivity contribution is 8.19. The molecular formula is C29H30N2O2S. The number of aliphatic imine (C=N–C) groups is 1. The van der Waals surface area contributed by atoms with E-state index in [1.807, 2.05) is 66.7 Å². The van der Waals surface area contributed by atoms with Crippen LogP contribution in [0.1, 0.15) is 43.9 Å². The molecule has 0 spiro atoms. The molecular weight excluding hydrogens is 440 g/mol. The van der Waals surface area contributed by atoms with Crippen LogP contribution in [0.3, 0.4) is 0 Å². The van der Waals surface area contributed by atoms with Crippen LogP contribution in [0, 0.1) is 0 Å². The summed E-state index contributed by atoms with van der Waals surface area (Å²) < 4.78 is 5.92. The molecule has 3 aromatic carbocycles. The second kappa shape index (κ2) is 11.2. The van der Waals surface area contributed by atoms with E-state index in [1.165, 1.54) is 11.8 Å². The zero-order valence-corrected chi connectivity index (χ0v) is 20.8. The number of hydrogen-bond donors (Lipinski definition) is 0. The Morgan fingerprint density at radius 3 is 2.32 bits per heavy atom. The van der Waals surface area contributed by atoms with Crippen molar-refractivity contribution in [3.8, 4) is 5.75 Å². The maximum absolute atomic E-state index is 13.8. The standard InChI is InChI=1S/C29H30N2O2S/c1-4-19-33-26-18-12-9-15-23(26)20-27-28(32)31(25-17-11-8-14-22(25)6-3)29(34-27)30-24-16-10-7-13-21(24)5-2/h7-18,20H,4-6,19H2,1-3H3/b27-20+,30-29?. The van der Waals surface area contributed by atoms with E-state index in [0.717, 1.165) is 53.1 Å². The molecule has 1 aliphatic heterocycles. The molecule has 0 atom stereocenters. The zero-order chi connectivity index (χ0) is 23.9. The highest BCUT2D eigenvalue weighted by atomic mass is 32.2. The number of para-hydroxylation sites is 3. The van der Waals surface area contributed by atoms with Crippen LogP contribution in [-0.2, 0) is 17.6 Å². The monoisotopic (exact) mass is 470 g/mol. The van der Waals surface area contributed by atoms with Gasteiger partial charge in [-0.05, 0) is 66.4 Å². The zero-order valence-electron chi connectivity index (χ0n) is 20.0. The van der Waals surface area contributed by atoms with E-state index in [9.17, 15) is 4.79 Å². The van der Waals surface area contributed by atoms with Crippen LogP contribution in [0.5, 0.6) is 5.75 Å². The van der Waals surface area contributed by atoms with Crippen molar-refractivity contribution in [1.29, 1.82) is 0 Å². The average molecular weight is 471 g/mol. The van der Waals surface area contributed by atoms with E-state index < -0.39 is 0 Å². The third kappa shape index (κ3) is 5.10. The molecule has 1 heterocycles. The molecule has 5 heteroatoms. The lowest BCUT2D eigenvalue weighted by Crippen LogP contribution is -2.29. The van der Waals surface area contributed by atoms with E-state index in [0.29, 0.717) is 16.7 Å². The van der Waals surface area contributed by atoms with Crippen LogP contribution >= 0.6 is 11.8 Å². The summed E-state index contributed by atoms with van der Waals surface area (Å²) in [7, 11) is 0. The fourth-order valence-electron chi connectivity index (χ4n) is 3.90. The molecule has 3 aromatic rings. The number of anilines is 1. The number of benzene rings is 3. The number of rotatable bonds is 8. The van der Waals surface area contributed by atoms with Gasteiger partial charge in [0.25, 0.3) is 5.91 Å². The summed E-state index contributed by atoms with van der Waals surface area (Å²) in [6.45, 7) is 6.94. The molecule has 4 nitrogen and oxygen atoms in total. The molecule has 1 fully saturated rings. The summed E-state index contributed by atoms with van der Waals surface area (Å²) in [5.74, 6) is 0.719. The number of amidine groups is 1. The fourth-order valence-corrected chi connectivity index (χ4v) is 4.87. The number of amides is 1. The lowest BCUT2D eigenvalue weighted by Gasteiger charge is -2.19. The average Bonchev–Trinajstić information content (AvgIpc) is 3.17. The van der Waals surface area contributed by atoms with Crippen LogP contribution in [0.4, 0.5) is 11.4 Å². The molecule has 0 aliphatic carbocycles. The summed E-state index contributed by atoms with van der Waals surface area (Å²) in [4.78, 5) is 21.2. The quantitative estimate of drug-likeness (QED) is 0.322. The van der Waals surface area contributed by atoms with Gasteiger partial charge in [0.1, 0.15) is 5.75 Å². The number of carbonyl (C=O) groups is 1. The Morgan fingerprint density at radius 1 is 0.882 bits per heavy atom. The molecule has 0 N–H and O–H groups in total. The van der Waals surface area contributed by atoms with Crippen molar-refractivity contribution >= 4 is 40.3 Å². The maximum atomic E-state index is 13.8. The third-order valence-electron chi connectivity index (χ3n) is 5.68. The summed E-state index contributed by atoms with van der Waals surface area (Å²) in [5.41, 5.74) is 4.94. The second-order valence-electron chi connectivity index (χ2n) is 8.00. The van der Waals surface area contributed by atoms with Crippen molar-refractivity contribution in [2.24, 2.45) is 4.99 Å². The van der Waals surface area contributed by atoms with Gasteiger partial charge < -0.3 is 4.74 Å². The topological polar surface area (TPSA) is 41.9 Å². The summed E-state index contributed by atoms with van der Waals surface area (Å²) >= 11 is 1.41. The number of aryl methyl sites for hydroxylation is 2. The molecule has 0 unspecified atom stereocenters. The number of hydrogen-bond acceptors (Lipinski definition) is 4. The predicted octanol–water partition coefficient (Wildman–Crippen LogP) is 7.41. The van der Waals surface area contributed by atoms with Crippen molar-refractivity contribution in [2.45, 2.75) is 40.0 Å². The number of thioether (sulfide) groups is 1. The van der Waals surface area contributed by atoms with Gasteiger partial charge in [-0.25, -0.2) is 4.99 Å². The van der Waals surface area contributed by atoms with E-state index in [2.05, 4.69) is 32.9 Å². The smallest absolute Gasteiger partial charge is 0.271 e. The predicted molar refractivity (Wildman–Crippen MR) is 144 cm³/mol. The van der Waals surface area contributed by atoms with Crippen LogP contribution in [-0.4, -0.2) is 17.7 Å². The molecule has 0 bridgehead atoms. The van der Waals surface area contributed by atoms with E-state index in [1.54, 1.807) is 4.90 Å². The van der Waals surface area contributed by atoms with Crippen LogP contribution in [0.2, 0.25) is 0 Å². The number of ether oxygens (including phenoxy) is 1. The SMILES string of the molecule is CCCOc1ccccc1/C=C1/SC(=Nc2ccccc2CC)N(c2ccccc2CC)C1=O. The Labute approximate surface area is 206 Å². The molecule has 1 amide bonds. The highest BCUT2D eigenvalue weighted by Crippen LogP contribution is 2.40. The van der Waals surface area contributed by atoms with Crippen LogP contribution < -0.4 is 9.64 Å². The Bertz CT molecular complexity index is 1230. The summed E-state index contributed by atoms with van der Waals surface area (Å²) in [6.07, 6.45) is 4.56. The van der Waals surface area contributed by atoms with Gasteiger partial charge in [0.15, 0.2) is 5.17 Å². The first-order chi connectivity index (χ1) is 16.7.